The molecule has 1 aromatic rings. The zero-order valence-electron chi connectivity index (χ0n) is 10.9. The van der Waals surface area contributed by atoms with Crippen molar-refractivity contribution in [2.75, 3.05) is 19.7 Å². The molecule has 0 aliphatic heterocycles. The molecule has 0 bridgehead atoms. The molecule has 18 heavy (non-hydrogen) atoms. The van der Waals surface area contributed by atoms with Crippen molar-refractivity contribution in [1.29, 1.82) is 0 Å². The second kappa shape index (κ2) is 8.53. The number of ether oxygens (including phenoxy) is 1. The summed E-state index contributed by atoms with van der Waals surface area (Å²) in [5, 5.41) is 2.99. The molecular weight excluding hydrogens is 228 g/mol. The fraction of sp³-hybridized carbons (Fsp3) is 0.500. The molecule has 0 radical (unpaired) electrons. The Morgan fingerprint density at radius 2 is 2.28 bits per heavy atom. The number of carbonyl (C=O) groups excluding carboxylic acids is 1. The predicted molar refractivity (Wildman–Crippen MR) is 72.6 cm³/mol. The van der Waals surface area contributed by atoms with Crippen molar-refractivity contribution in [3.63, 3.8) is 0 Å². The number of hydrogen-bond donors (Lipinski definition) is 2. The molecule has 4 nitrogen and oxygen atoms in total. The quantitative estimate of drug-likeness (QED) is 0.652. The number of primary amides is 1. The Kier molecular flexibility index (Phi) is 6.87. The summed E-state index contributed by atoms with van der Waals surface area (Å²) in [7, 11) is 0. The van der Waals surface area contributed by atoms with E-state index in [0.717, 1.165) is 38.2 Å². The summed E-state index contributed by atoms with van der Waals surface area (Å²) in [5.74, 6) is 0.586. The van der Waals surface area contributed by atoms with E-state index in [2.05, 4.69) is 18.3 Å². The molecule has 1 rings (SSSR count). The molecule has 0 fully saturated rings. The van der Waals surface area contributed by atoms with Gasteiger partial charge in [0.2, 0.25) is 5.91 Å². The largest absolute Gasteiger partial charge is 0.494 e. The van der Waals surface area contributed by atoms with Crippen LogP contribution in [-0.4, -0.2) is 25.6 Å². The number of unbranched alkanes of at least 4 members (excludes halogenated alkanes) is 1. The van der Waals surface area contributed by atoms with Crippen LogP contribution in [0, 0.1) is 0 Å². The third-order valence-corrected chi connectivity index (χ3v) is 2.55. The molecule has 0 atom stereocenters. The molecule has 1 aromatic carbocycles. The van der Waals surface area contributed by atoms with E-state index in [-0.39, 0.29) is 12.5 Å². The Morgan fingerprint density at radius 1 is 1.44 bits per heavy atom. The van der Waals surface area contributed by atoms with Crippen molar-refractivity contribution in [1.82, 2.24) is 5.32 Å². The second-order valence-electron chi connectivity index (χ2n) is 4.24. The number of carbonyl (C=O) groups is 1. The highest BCUT2D eigenvalue weighted by atomic mass is 16.5. The highest BCUT2D eigenvalue weighted by molar-refractivity contribution is 5.75. The van der Waals surface area contributed by atoms with Crippen LogP contribution in [0.5, 0.6) is 5.75 Å². The van der Waals surface area contributed by atoms with Gasteiger partial charge in [0, 0.05) is 0 Å². The lowest BCUT2D eigenvalue weighted by molar-refractivity contribution is -0.117. The summed E-state index contributed by atoms with van der Waals surface area (Å²) < 4.78 is 5.64. The topological polar surface area (TPSA) is 64.3 Å². The lowest BCUT2D eigenvalue weighted by Gasteiger charge is -2.08. The first-order valence-corrected chi connectivity index (χ1v) is 6.43. The molecule has 0 unspecified atom stereocenters. The number of hydrogen-bond acceptors (Lipinski definition) is 3. The summed E-state index contributed by atoms with van der Waals surface area (Å²) in [4.78, 5) is 10.6. The average Bonchev–Trinajstić information content (AvgIpc) is 2.35. The van der Waals surface area contributed by atoms with Crippen LogP contribution < -0.4 is 15.8 Å². The summed E-state index contributed by atoms with van der Waals surface area (Å²) >= 11 is 0. The Morgan fingerprint density at radius 3 is 3.00 bits per heavy atom. The minimum absolute atomic E-state index is 0.229. The van der Waals surface area contributed by atoms with Crippen LogP contribution in [0.1, 0.15) is 25.3 Å². The maximum atomic E-state index is 10.6. The Labute approximate surface area is 109 Å². The van der Waals surface area contributed by atoms with E-state index in [0.29, 0.717) is 0 Å². The average molecular weight is 250 g/mol. The third-order valence-electron chi connectivity index (χ3n) is 2.55. The second-order valence-corrected chi connectivity index (χ2v) is 4.24. The lowest BCUT2D eigenvalue weighted by atomic mass is 10.1. The molecule has 0 spiro atoms. The molecule has 0 aromatic heterocycles. The summed E-state index contributed by atoms with van der Waals surface area (Å²) in [6, 6.07) is 8.06. The maximum absolute atomic E-state index is 10.6. The maximum Gasteiger partial charge on any atom is 0.231 e. The van der Waals surface area contributed by atoms with Gasteiger partial charge in [-0.3, -0.25) is 4.79 Å². The standard InChI is InChI=1S/C14H22N2O2/c1-2-3-9-18-13-6-4-5-12(10-13)7-8-16-11-14(15)17/h4-6,10,16H,2-3,7-9,11H2,1H3,(H2,15,17). The fourth-order valence-electron chi connectivity index (χ4n) is 1.57. The van der Waals surface area contributed by atoms with Crippen LogP contribution in [0.2, 0.25) is 0 Å². The SMILES string of the molecule is CCCCOc1cccc(CCNCC(N)=O)c1. The van der Waals surface area contributed by atoms with Crippen molar-refractivity contribution >= 4 is 5.91 Å². The Bertz CT molecular complexity index is 367. The van der Waals surface area contributed by atoms with E-state index in [1.54, 1.807) is 0 Å². The number of nitrogens with two attached hydrogens (primary N) is 1. The van der Waals surface area contributed by atoms with Crippen LogP contribution in [0.15, 0.2) is 24.3 Å². The third kappa shape index (κ3) is 6.25. The van der Waals surface area contributed by atoms with Gasteiger partial charge in [-0.05, 0) is 37.1 Å². The monoisotopic (exact) mass is 250 g/mol. The molecule has 0 saturated carbocycles. The van der Waals surface area contributed by atoms with Crippen molar-refractivity contribution < 1.29 is 9.53 Å². The van der Waals surface area contributed by atoms with Crippen LogP contribution in [0.25, 0.3) is 0 Å². The first-order valence-electron chi connectivity index (χ1n) is 6.43. The molecule has 0 aliphatic carbocycles. The van der Waals surface area contributed by atoms with Gasteiger partial charge in [-0.2, -0.15) is 0 Å². The number of nitrogens with one attached hydrogen (secondary N) is 1. The van der Waals surface area contributed by atoms with Gasteiger partial charge in [-0.15, -0.1) is 0 Å². The fourth-order valence-corrected chi connectivity index (χ4v) is 1.57. The summed E-state index contributed by atoms with van der Waals surface area (Å²) in [6.45, 7) is 3.87. The highest BCUT2D eigenvalue weighted by Crippen LogP contribution is 2.14. The van der Waals surface area contributed by atoms with E-state index < -0.39 is 0 Å². The highest BCUT2D eigenvalue weighted by Gasteiger charge is 1.98. The lowest BCUT2D eigenvalue weighted by Crippen LogP contribution is -2.29. The van der Waals surface area contributed by atoms with E-state index in [4.69, 9.17) is 10.5 Å². The van der Waals surface area contributed by atoms with Gasteiger partial charge in [0.1, 0.15) is 5.75 Å². The van der Waals surface area contributed by atoms with Crippen molar-refractivity contribution in [3.8, 4) is 5.75 Å². The zero-order chi connectivity index (χ0) is 13.2. The zero-order valence-corrected chi connectivity index (χ0v) is 10.9. The predicted octanol–water partition coefficient (Wildman–Crippen LogP) is 1.48. The minimum Gasteiger partial charge on any atom is -0.494 e. The number of rotatable bonds is 9. The molecule has 100 valence electrons. The van der Waals surface area contributed by atoms with Crippen molar-refractivity contribution in [2.45, 2.75) is 26.2 Å². The summed E-state index contributed by atoms with van der Waals surface area (Å²) in [6.07, 6.45) is 3.07. The molecule has 1 amide bonds. The van der Waals surface area contributed by atoms with Gasteiger partial charge < -0.3 is 15.8 Å². The van der Waals surface area contributed by atoms with Gasteiger partial charge in [-0.25, -0.2) is 0 Å². The smallest absolute Gasteiger partial charge is 0.231 e. The van der Waals surface area contributed by atoms with E-state index in [9.17, 15) is 4.79 Å². The molecule has 3 N–H and O–H groups in total. The Hall–Kier alpha value is -1.55. The molecule has 0 heterocycles. The van der Waals surface area contributed by atoms with E-state index in [1.807, 2.05) is 18.2 Å². The van der Waals surface area contributed by atoms with Gasteiger partial charge >= 0.3 is 0 Å². The van der Waals surface area contributed by atoms with E-state index >= 15 is 0 Å². The summed E-state index contributed by atoms with van der Waals surface area (Å²) in [5.41, 5.74) is 6.24. The van der Waals surface area contributed by atoms with Crippen molar-refractivity contribution in [2.24, 2.45) is 5.73 Å². The van der Waals surface area contributed by atoms with Gasteiger partial charge in [-0.1, -0.05) is 25.5 Å². The van der Waals surface area contributed by atoms with Crippen LogP contribution in [0.4, 0.5) is 0 Å². The van der Waals surface area contributed by atoms with Crippen LogP contribution in [0.3, 0.4) is 0 Å². The van der Waals surface area contributed by atoms with Crippen molar-refractivity contribution in [3.05, 3.63) is 29.8 Å². The number of amides is 1. The van der Waals surface area contributed by atoms with Gasteiger partial charge in [0.15, 0.2) is 0 Å². The number of benzene rings is 1. The molecule has 0 aliphatic rings. The minimum atomic E-state index is -0.327. The first-order chi connectivity index (χ1) is 8.72. The van der Waals surface area contributed by atoms with E-state index in [1.165, 1.54) is 5.56 Å². The Balaban J connectivity index is 2.32. The van der Waals surface area contributed by atoms with Crippen LogP contribution >= 0.6 is 0 Å². The van der Waals surface area contributed by atoms with Crippen LogP contribution in [-0.2, 0) is 11.2 Å². The normalized spacial score (nSPS) is 10.3. The first kappa shape index (κ1) is 14.5. The molecule has 4 heteroatoms. The molecular formula is C14H22N2O2. The molecule has 0 saturated heterocycles. The van der Waals surface area contributed by atoms with Gasteiger partial charge in [0.05, 0.1) is 13.2 Å². The van der Waals surface area contributed by atoms with Gasteiger partial charge in [0.25, 0.3) is 0 Å².